The van der Waals surface area contributed by atoms with Gasteiger partial charge in [-0.05, 0) is 87.0 Å². The van der Waals surface area contributed by atoms with Crippen molar-refractivity contribution in [3.05, 3.63) is 72.3 Å². The second-order valence-electron chi connectivity index (χ2n) is 7.88. The Labute approximate surface area is 205 Å². The Morgan fingerprint density at radius 3 is 1.54 bits per heavy atom. The van der Waals surface area contributed by atoms with Gasteiger partial charge in [0.2, 0.25) is 0 Å². The van der Waals surface area contributed by atoms with E-state index in [1.54, 1.807) is 88.7 Å². The van der Waals surface area contributed by atoms with Crippen molar-refractivity contribution in [3.8, 4) is 23.0 Å². The van der Waals surface area contributed by atoms with Gasteiger partial charge >= 0.3 is 0 Å². The first kappa shape index (κ1) is 25.4. The van der Waals surface area contributed by atoms with Gasteiger partial charge < -0.3 is 29.6 Å². The zero-order valence-corrected chi connectivity index (χ0v) is 20.5. The van der Waals surface area contributed by atoms with Crippen LogP contribution in [0.5, 0.6) is 23.0 Å². The van der Waals surface area contributed by atoms with Crippen LogP contribution in [-0.2, 0) is 9.59 Å². The first-order valence-electron chi connectivity index (χ1n) is 11.1. The number of rotatable bonds is 10. The molecule has 0 saturated carbocycles. The second kappa shape index (κ2) is 11.8. The highest BCUT2D eigenvalue weighted by molar-refractivity contribution is 5.97. The van der Waals surface area contributed by atoms with E-state index in [9.17, 15) is 9.59 Å². The van der Waals surface area contributed by atoms with Crippen molar-refractivity contribution in [3.63, 3.8) is 0 Å². The minimum absolute atomic E-state index is 0.316. The molecule has 3 rings (SSSR count). The third-order valence-electron chi connectivity index (χ3n) is 5.25. The number of ether oxygens (including phenoxy) is 4. The molecule has 3 aromatic carbocycles. The van der Waals surface area contributed by atoms with E-state index in [0.717, 1.165) is 5.56 Å². The maximum atomic E-state index is 12.7. The molecule has 0 aliphatic rings. The van der Waals surface area contributed by atoms with Crippen LogP contribution in [0.15, 0.2) is 66.7 Å². The minimum Gasteiger partial charge on any atom is -0.497 e. The summed E-state index contributed by atoms with van der Waals surface area (Å²) in [5, 5.41) is 5.69. The van der Waals surface area contributed by atoms with Gasteiger partial charge in [0.25, 0.3) is 11.8 Å². The zero-order valence-electron chi connectivity index (χ0n) is 20.5. The van der Waals surface area contributed by atoms with Crippen molar-refractivity contribution in [1.29, 1.82) is 0 Å². The van der Waals surface area contributed by atoms with Crippen molar-refractivity contribution in [1.82, 2.24) is 0 Å². The standard InChI is InChI=1S/C27H30N2O6/c1-17-6-7-20(28-26(30)18(2)34-23-12-8-21(32-4)9-13-23)16-25(17)29-27(31)19(3)35-24-14-10-22(33-5)11-15-24/h6-16,18-19H,1-5H3,(H,28,30)(H,29,31). The SMILES string of the molecule is COc1ccc(OC(C)C(=O)Nc2ccc(C)c(NC(=O)C(C)Oc3ccc(OC)cc3)c2)cc1. The molecule has 0 spiro atoms. The normalized spacial score (nSPS) is 12.1. The van der Waals surface area contributed by atoms with E-state index in [4.69, 9.17) is 18.9 Å². The molecule has 2 unspecified atom stereocenters. The summed E-state index contributed by atoms with van der Waals surface area (Å²) >= 11 is 0. The summed E-state index contributed by atoms with van der Waals surface area (Å²) < 4.78 is 21.7. The molecule has 0 aromatic heterocycles. The van der Waals surface area contributed by atoms with E-state index in [1.165, 1.54) is 0 Å². The van der Waals surface area contributed by atoms with Crippen LogP contribution in [0.1, 0.15) is 19.4 Å². The van der Waals surface area contributed by atoms with Crippen molar-refractivity contribution < 1.29 is 28.5 Å². The van der Waals surface area contributed by atoms with Gasteiger partial charge in [-0.15, -0.1) is 0 Å². The number of hydrogen-bond acceptors (Lipinski definition) is 6. The van der Waals surface area contributed by atoms with E-state index >= 15 is 0 Å². The fourth-order valence-electron chi connectivity index (χ4n) is 3.14. The lowest BCUT2D eigenvalue weighted by Gasteiger charge is -2.18. The molecule has 0 bridgehead atoms. The highest BCUT2D eigenvalue weighted by atomic mass is 16.5. The Hall–Kier alpha value is -4.20. The third-order valence-corrected chi connectivity index (χ3v) is 5.25. The van der Waals surface area contributed by atoms with E-state index in [1.807, 2.05) is 13.0 Å². The minimum atomic E-state index is -0.737. The number of nitrogens with one attached hydrogen (secondary N) is 2. The molecular formula is C27H30N2O6. The molecule has 2 N–H and O–H groups in total. The lowest BCUT2D eigenvalue weighted by Crippen LogP contribution is -2.31. The molecule has 3 aromatic rings. The fraction of sp³-hybridized carbons (Fsp3) is 0.259. The first-order chi connectivity index (χ1) is 16.8. The van der Waals surface area contributed by atoms with E-state index in [0.29, 0.717) is 34.4 Å². The van der Waals surface area contributed by atoms with Crippen LogP contribution in [0.2, 0.25) is 0 Å². The molecule has 0 saturated heterocycles. The van der Waals surface area contributed by atoms with Crippen LogP contribution in [0.3, 0.4) is 0 Å². The van der Waals surface area contributed by atoms with Crippen LogP contribution >= 0.6 is 0 Å². The van der Waals surface area contributed by atoms with Crippen molar-refractivity contribution in [2.75, 3.05) is 24.9 Å². The summed E-state index contributed by atoms with van der Waals surface area (Å²) in [6.45, 7) is 5.19. The second-order valence-corrected chi connectivity index (χ2v) is 7.88. The molecule has 2 atom stereocenters. The first-order valence-corrected chi connectivity index (χ1v) is 11.1. The van der Waals surface area contributed by atoms with Gasteiger partial charge in [-0.3, -0.25) is 9.59 Å². The van der Waals surface area contributed by atoms with Crippen molar-refractivity contribution in [2.45, 2.75) is 33.0 Å². The average Bonchev–Trinajstić information content (AvgIpc) is 2.86. The van der Waals surface area contributed by atoms with Gasteiger partial charge in [0.1, 0.15) is 23.0 Å². The number of anilines is 2. The maximum Gasteiger partial charge on any atom is 0.265 e. The number of aryl methyl sites for hydroxylation is 1. The van der Waals surface area contributed by atoms with Crippen LogP contribution in [-0.4, -0.2) is 38.2 Å². The summed E-state index contributed by atoms with van der Waals surface area (Å²) in [5.74, 6) is 1.87. The monoisotopic (exact) mass is 478 g/mol. The summed E-state index contributed by atoms with van der Waals surface area (Å²) in [6, 6.07) is 19.3. The summed E-state index contributed by atoms with van der Waals surface area (Å²) in [6.07, 6.45) is -1.47. The Morgan fingerprint density at radius 1 is 0.657 bits per heavy atom. The van der Waals surface area contributed by atoms with Gasteiger partial charge in [-0.25, -0.2) is 0 Å². The molecular weight excluding hydrogens is 448 g/mol. The number of hydrogen-bond donors (Lipinski definition) is 2. The molecule has 0 aliphatic carbocycles. The van der Waals surface area contributed by atoms with Crippen LogP contribution in [0.25, 0.3) is 0 Å². The molecule has 8 heteroatoms. The predicted octanol–water partition coefficient (Wildman–Crippen LogP) is 4.82. The van der Waals surface area contributed by atoms with Gasteiger partial charge in [-0.1, -0.05) is 6.07 Å². The Kier molecular flexibility index (Phi) is 8.56. The number of carbonyl (C=O) groups is 2. The summed E-state index contributed by atoms with van der Waals surface area (Å²) in [5.41, 5.74) is 1.95. The molecule has 35 heavy (non-hydrogen) atoms. The highest BCUT2D eigenvalue weighted by Gasteiger charge is 2.18. The number of amides is 2. The van der Waals surface area contributed by atoms with E-state index < -0.39 is 12.2 Å². The van der Waals surface area contributed by atoms with Crippen LogP contribution in [0.4, 0.5) is 11.4 Å². The largest absolute Gasteiger partial charge is 0.497 e. The molecule has 0 heterocycles. The molecule has 2 amide bonds. The molecule has 0 radical (unpaired) electrons. The van der Waals surface area contributed by atoms with E-state index in [-0.39, 0.29) is 11.8 Å². The smallest absolute Gasteiger partial charge is 0.265 e. The average molecular weight is 479 g/mol. The van der Waals surface area contributed by atoms with Gasteiger partial charge in [0.15, 0.2) is 12.2 Å². The van der Waals surface area contributed by atoms with Gasteiger partial charge in [-0.2, -0.15) is 0 Å². The maximum absolute atomic E-state index is 12.7. The number of benzene rings is 3. The van der Waals surface area contributed by atoms with Crippen LogP contribution < -0.4 is 29.6 Å². The molecule has 0 fully saturated rings. The quantitative estimate of drug-likeness (QED) is 0.434. The van der Waals surface area contributed by atoms with Crippen LogP contribution in [0, 0.1) is 6.92 Å². The Morgan fingerprint density at radius 2 is 1.09 bits per heavy atom. The molecule has 8 nitrogen and oxygen atoms in total. The predicted molar refractivity (Wildman–Crippen MR) is 135 cm³/mol. The zero-order chi connectivity index (χ0) is 25.4. The number of methoxy groups -OCH3 is 2. The lowest BCUT2D eigenvalue weighted by atomic mass is 10.1. The topological polar surface area (TPSA) is 95.1 Å². The third kappa shape index (κ3) is 7.14. The van der Waals surface area contributed by atoms with Gasteiger partial charge in [0, 0.05) is 11.4 Å². The van der Waals surface area contributed by atoms with Crippen molar-refractivity contribution >= 4 is 23.2 Å². The number of carbonyl (C=O) groups excluding carboxylic acids is 2. The van der Waals surface area contributed by atoms with Gasteiger partial charge in [0.05, 0.1) is 14.2 Å². The lowest BCUT2D eigenvalue weighted by molar-refractivity contribution is -0.122. The Balaban J connectivity index is 1.59. The van der Waals surface area contributed by atoms with E-state index in [2.05, 4.69) is 10.6 Å². The summed E-state index contributed by atoms with van der Waals surface area (Å²) in [7, 11) is 3.16. The summed E-state index contributed by atoms with van der Waals surface area (Å²) in [4.78, 5) is 25.3. The fourth-order valence-corrected chi connectivity index (χ4v) is 3.14. The molecule has 184 valence electrons. The molecule has 0 aliphatic heterocycles. The highest BCUT2D eigenvalue weighted by Crippen LogP contribution is 2.23. The van der Waals surface area contributed by atoms with Crippen molar-refractivity contribution in [2.24, 2.45) is 0 Å². The Bertz CT molecular complexity index is 1150.